The molecule has 0 saturated carbocycles. The molecule has 0 fully saturated rings. The maximum absolute atomic E-state index is 13.3. The SMILES string of the molecule is CN(C)c1nc2cc(-n3cnc4cc(-c5ccc(Cl)cc5)sc4c3=O)ccc2n1CCOI. The number of nitrogens with zero attached hydrogens (tertiary/aromatic N) is 5. The molecule has 5 aromatic rings. The van der Waals surface area contributed by atoms with Crippen LogP contribution >= 0.6 is 45.9 Å². The molecule has 0 amide bonds. The molecule has 0 aliphatic carbocycles. The minimum Gasteiger partial charge on any atom is -0.348 e. The average Bonchev–Trinajstić information content (AvgIpc) is 3.40. The molecule has 0 spiro atoms. The number of benzene rings is 2. The zero-order valence-corrected chi connectivity index (χ0v) is 21.6. The third-order valence-corrected chi connectivity index (χ3v) is 7.20. The van der Waals surface area contributed by atoms with E-state index in [9.17, 15) is 4.79 Å². The van der Waals surface area contributed by atoms with Gasteiger partial charge in [0.15, 0.2) is 0 Å². The molecular formula is C23H19ClIN5O2S. The van der Waals surface area contributed by atoms with Crippen molar-refractivity contribution in [3.63, 3.8) is 0 Å². The molecule has 7 nitrogen and oxygen atoms in total. The topological polar surface area (TPSA) is 65.2 Å². The fourth-order valence-corrected chi connectivity index (χ4v) is 5.16. The van der Waals surface area contributed by atoms with Crippen LogP contribution in [-0.4, -0.2) is 39.8 Å². The normalized spacial score (nSPS) is 11.5. The number of halogens is 2. The van der Waals surface area contributed by atoms with Gasteiger partial charge in [0.2, 0.25) is 5.95 Å². The lowest BCUT2D eigenvalue weighted by molar-refractivity contribution is 0.396. The van der Waals surface area contributed by atoms with E-state index in [0.29, 0.717) is 28.4 Å². The van der Waals surface area contributed by atoms with Gasteiger partial charge < -0.3 is 12.5 Å². The van der Waals surface area contributed by atoms with Gasteiger partial charge in [-0.1, -0.05) is 23.7 Å². The summed E-state index contributed by atoms with van der Waals surface area (Å²) in [4.78, 5) is 25.6. The van der Waals surface area contributed by atoms with Crippen molar-refractivity contribution in [2.75, 3.05) is 25.6 Å². The average molecular weight is 592 g/mol. The summed E-state index contributed by atoms with van der Waals surface area (Å²) in [7, 11) is 3.92. The molecule has 0 bridgehead atoms. The minimum atomic E-state index is -0.102. The zero-order valence-electron chi connectivity index (χ0n) is 17.8. The third-order valence-electron chi connectivity index (χ3n) is 5.35. The first kappa shape index (κ1) is 22.3. The summed E-state index contributed by atoms with van der Waals surface area (Å²) in [6, 6.07) is 15.4. The number of hydrogen-bond acceptors (Lipinski definition) is 6. The van der Waals surface area contributed by atoms with E-state index in [1.807, 2.05) is 90.5 Å². The van der Waals surface area contributed by atoms with Crippen molar-refractivity contribution in [3.05, 3.63) is 70.2 Å². The third kappa shape index (κ3) is 4.14. The number of thiophene rings is 1. The molecular weight excluding hydrogens is 573 g/mol. The predicted octanol–water partition coefficient (Wildman–Crippen LogP) is 5.55. The Bertz CT molecular complexity index is 1520. The lowest BCUT2D eigenvalue weighted by Gasteiger charge is -2.14. The number of hydrogen-bond donors (Lipinski definition) is 0. The number of fused-ring (bicyclic) bond motifs is 2. The van der Waals surface area contributed by atoms with Crippen LogP contribution in [0.25, 0.3) is 37.4 Å². The van der Waals surface area contributed by atoms with Crippen molar-refractivity contribution in [3.8, 4) is 16.1 Å². The predicted molar refractivity (Wildman–Crippen MR) is 143 cm³/mol. The van der Waals surface area contributed by atoms with E-state index in [4.69, 9.17) is 19.7 Å². The summed E-state index contributed by atoms with van der Waals surface area (Å²) in [5, 5.41) is 0.678. The Balaban J connectivity index is 1.59. The summed E-state index contributed by atoms with van der Waals surface area (Å²) >= 11 is 9.34. The summed E-state index contributed by atoms with van der Waals surface area (Å²) in [5.41, 5.74) is 4.11. The Kier molecular flexibility index (Phi) is 6.12. The van der Waals surface area contributed by atoms with Gasteiger partial charge in [0.1, 0.15) is 34.0 Å². The maximum Gasteiger partial charge on any atom is 0.275 e. The Morgan fingerprint density at radius 2 is 1.91 bits per heavy atom. The molecule has 5 rings (SSSR count). The molecule has 0 aliphatic rings. The molecule has 0 atom stereocenters. The van der Waals surface area contributed by atoms with E-state index in [2.05, 4.69) is 9.55 Å². The van der Waals surface area contributed by atoms with Crippen LogP contribution in [0.1, 0.15) is 0 Å². The van der Waals surface area contributed by atoms with Crippen LogP contribution in [0.15, 0.2) is 59.7 Å². The highest BCUT2D eigenvalue weighted by atomic mass is 127. The summed E-state index contributed by atoms with van der Waals surface area (Å²) in [5.74, 6) is 0.836. The maximum atomic E-state index is 13.3. The van der Waals surface area contributed by atoms with E-state index >= 15 is 0 Å². The first-order chi connectivity index (χ1) is 16.0. The first-order valence-corrected chi connectivity index (χ1v) is 12.2. The van der Waals surface area contributed by atoms with Crippen LogP contribution in [0.2, 0.25) is 5.02 Å². The van der Waals surface area contributed by atoms with Crippen molar-refractivity contribution >= 4 is 73.1 Å². The van der Waals surface area contributed by atoms with E-state index in [0.717, 1.165) is 33.1 Å². The van der Waals surface area contributed by atoms with Gasteiger partial charge in [-0.2, -0.15) is 0 Å². The fraction of sp³-hybridized carbons (Fsp3) is 0.174. The van der Waals surface area contributed by atoms with Crippen molar-refractivity contribution in [1.82, 2.24) is 19.1 Å². The van der Waals surface area contributed by atoms with Crippen LogP contribution in [-0.2, 0) is 9.61 Å². The molecule has 0 N–H and O–H groups in total. The molecule has 10 heteroatoms. The van der Waals surface area contributed by atoms with Gasteiger partial charge in [-0.15, -0.1) is 11.3 Å². The highest BCUT2D eigenvalue weighted by molar-refractivity contribution is 14.1. The molecule has 0 aliphatic heterocycles. The Morgan fingerprint density at radius 1 is 1.12 bits per heavy atom. The van der Waals surface area contributed by atoms with Crippen LogP contribution in [0.3, 0.4) is 0 Å². The van der Waals surface area contributed by atoms with Crippen LogP contribution in [0.4, 0.5) is 5.95 Å². The zero-order chi connectivity index (χ0) is 23.1. The Labute approximate surface area is 212 Å². The van der Waals surface area contributed by atoms with Crippen molar-refractivity contribution < 1.29 is 3.07 Å². The van der Waals surface area contributed by atoms with Crippen LogP contribution < -0.4 is 10.5 Å². The highest BCUT2D eigenvalue weighted by Crippen LogP contribution is 2.32. The molecule has 3 aromatic heterocycles. The smallest absolute Gasteiger partial charge is 0.275 e. The largest absolute Gasteiger partial charge is 0.348 e. The second kappa shape index (κ2) is 9.05. The minimum absolute atomic E-state index is 0.102. The molecule has 0 unspecified atom stereocenters. The van der Waals surface area contributed by atoms with Gasteiger partial charge in [0, 0.05) is 24.0 Å². The molecule has 2 aromatic carbocycles. The van der Waals surface area contributed by atoms with E-state index in [1.165, 1.54) is 11.3 Å². The van der Waals surface area contributed by atoms with E-state index < -0.39 is 0 Å². The molecule has 0 saturated heterocycles. The van der Waals surface area contributed by atoms with E-state index in [1.54, 1.807) is 10.9 Å². The van der Waals surface area contributed by atoms with Gasteiger partial charge in [0.25, 0.3) is 5.56 Å². The van der Waals surface area contributed by atoms with Gasteiger partial charge in [-0.05, 0) is 42.0 Å². The van der Waals surface area contributed by atoms with Crippen molar-refractivity contribution in [2.45, 2.75) is 6.54 Å². The van der Waals surface area contributed by atoms with Crippen LogP contribution in [0.5, 0.6) is 0 Å². The first-order valence-electron chi connectivity index (χ1n) is 10.1. The molecule has 3 heterocycles. The van der Waals surface area contributed by atoms with Crippen molar-refractivity contribution in [2.24, 2.45) is 0 Å². The highest BCUT2D eigenvalue weighted by Gasteiger charge is 2.15. The Hall–Kier alpha value is -2.47. The standard InChI is InChI=1S/C23H19ClIN5O2S/c1-28(2)23-27-17-11-16(7-8-19(17)29(23)9-10-32-25)30-13-26-18-12-20(33-21(18)22(30)31)14-3-5-15(24)6-4-14/h3-8,11-13H,9-10H2,1-2H3. The monoisotopic (exact) mass is 591 g/mol. The number of imidazole rings is 1. The van der Waals surface area contributed by atoms with E-state index in [-0.39, 0.29) is 5.56 Å². The molecule has 33 heavy (non-hydrogen) atoms. The van der Waals surface area contributed by atoms with Gasteiger partial charge in [-0.25, -0.2) is 9.97 Å². The second-order valence-corrected chi connectivity index (χ2v) is 9.81. The number of aromatic nitrogens is 4. The summed E-state index contributed by atoms with van der Waals surface area (Å²) < 4.78 is 9.53. The van der Waals surface area contributed by atoms with Gasteiger partial charge in [0.05, 0.1) is 35.4 Å². The Morgan fingerprint density at radius 3 is 2.64 bits per heavy atom. The molecule has 168 valence electrons. The van der Waals surface area contributed by atoms with Gasteiger partial charge >= 0.3 is 0 Å². The summed E-state index contributed by atoms with van der Waals surface area (Å²) in [6.45, 7) is 1.26. The number of rotatable bonds is 6. The van der Waals surface area contributed by atoms with Crippen LogP contribution in [0, 0.1) is 0 Å². The summed E-state index contributed by atoms with van der Waals surface area (Å²) in [6.07, 6.45) is 1.58. The quantitative estimate of drug-likeness (QED) is 0.242. The molecule has 0 radical (unpaired) electrons. The lowest BCUT2D eigenvalue weighted by Crippen LogP contribution is -2.17. The van der Waals surface area contributed by atoms with Crippen molar-refractivity contribution in [1.29, 1.82) is 0 Å². The fourth-order valence-electron chi connectivity index (χ4n) is 3.80. The number of anilines is 1. The second-order valence-electron chi connectivity index (χ2n) is 7.70. The van der Waals surface area contributed by atoms with Gasteiger partial charge in [-0.3, -0.25) is 9.36 Å². The lowest BCUT2D eigenvalue weighted by atomic mass is 10.2.